The third-order valence-electron chi connectivity index (χ3n) is 3.92. The maximum Gasteiger partial charge on any atom is 0.257 e. The second kappa shape index (κ2) is 9.92. The molecule has 0 saturated carbocycles. The van der Waals surface area contributed by atoms with Crippen LogP contribution in [0, 0.1) is 0 Å². The van der Waals surface area contributed by atoms with Crippen molar-refractivity contribution in [2.75, 3.05) is 11.9 Å². The number of nitrogens with one attached hydrogen (secondary N) is 2. The Bertz CT molecular complexity index is 759. The largest absolute Gasteiger partial charge is 0.494 e. The van der Waals surface area contributed by atoms with E-state index in [1.807, 2.05) is 24.3 Å². The fourth-order valence-electron chi connectivity index (χ4n) is 2.50. The number of unbranched alkanes of at least 4 members (excludes halogenated alkanes) is 1. The Kier molecular flexibility index (Phi) is 7.60. The van der Waals surface area contributed by atoms with Gasteiger partial charge in [-0.2, -0.15) is 0 Å². The first-order valence-corrected chi connectivity index (χ1v) is 9.36. The van der Waals surface area contributed by atoms with Gasteiger partial charge in [-0.15, -0.1) is 0 Å². The van der Waals surface area contributed by atoms with Crippen LogP contribution in [0.25, 0.3) is 0 Å². The lowest BCUT2D eigenvalue weighted by Gasteiger charge is -2.15. The van der Waals surface area contributed by atoms with Gasteiger partial charge in [0, 0.05) is 11.3 Å². The molecule has 0 spiro atoms. The van der Waals surface area contributed by atoms with Crippen LogP contribution >= 0.6 is 12.2 Å². The second-order valence-corrected chi connectivity index (χ2v) is 6.79. The van der Waals surface area contributed by atoms with Gasteiger partial charge in [0.25, 0.3) is 5.91 Å². The molecule has 2 rings (SSSR count). The molecule has 0 aliphatic carbocycles. The Balaban J connectivity index is 1.99. The number of ether oxygens (including phenoxy) is 1. The summed E-state index contributed by atoms with van der Waals surface area (Å²) in [5.74, 6) is 0.787. The summed E-state index contributed by atoms with van der Waals surface area (Å²) in [6, 6.07) is 15.1. The Morgan fingerprint density at radius 2 is 1.92 bits per heavy atom. The number of benzene rings is 2. The van der Waals surface area contributed by atoms with E-state index in [4.69, 9.17) is 17.0 Å². The Morgan fingerprint density at radius 1 is 1.15 bits per heavy atom. The first-order valence-electron chi connectivity index (χ1n) is 8.95. The summed E-state index contributed by atoms with van der Waals surface area (Å²) in [4.78, 5) is 12.5. The molecule has 4 nitrogen and oxygen atoms in total. The smallest absolute Gasteiger partial charge is 0.257 e. The standard InChI is InChI=1S/C21H26N2O2S/c1-4-5-13-25-17-10-8-9-16(14-17)20(24)23-21(26)22-19-12-7-6-11-18(19)15(2)3/h6-12,14-15H,4-5,13H2,1-3H3,(H2,22,23,24,26). The predicted molar refractivity (Wildman–Crippen MR) is 111 cm³/mol. The van der Waals surface area contributed by atoms with Crippen LogP contribution in [0.15, 0.2) is 48.5 Å². The normalized spacial score (nSPS) is 10.5. The first kappa shape index (κ1) is 19.9. The number of carbonyl (C=O) groups excluding carboxylic acids is 1. The van der Waals surface area contributed by atoms with Crippen LogP contribution in [0.2, 0.25) is 0 Å². The number of carbonyl (C=O) groups is 1. The van der Waals surface area contributed by atoms with Crippen LogP contribution in [0.1, 0.15) is 55.5 Å². The van der Waals surface area contributed by atoms with Crippen molar-refractivity contribution in [3.05, 3.63) is 59.7 Å². The average Bonchev–Trinajstić information content (AvgIpc) is 2.62. The maximum absolute atomic E-state index is 12.5. The van der Waals surface area contributed by atoms with Crippen molar-refractivity contribution < 1.29 is 9.53 Å². The Morgan fingerprint density at radius 3 is 2.65 bits per heavy atom. The zero-order valence-electron chi connectivity index (χ0n) is 15.5. The van der Waals surface area contributed by atoms with Crippen molar-refractivity contribution in [2.24, 2.45) is 0 Å². The number of anilines is 1. The summed E-state index contributed by atoms with van der Waals surface area (Å²) < 4.78 is 5.65. The second-order valence-electron chi connectivity index (χ2n) is 6.38. The molecule has 0 atom stereocenters. The molecule has 26 heavy (non-hydrogen) atoms. The summed E-state index contributed by atoms with van der Waals surface area (Å²) in [5.41, 5.74) is 2.57. The molecule has 0 fully saturated rings. The average molecular weight is 371 g/mol. The highest BCUT2D eigenvalue weighted by molar-refractivity contribution is 7.80. The van der Waals surface area contributed by atoms with E-state index in [9.17, 15) is 4.79 Å². The third-order valence-corrected chi connectivity index (χ3v) is 4.13. The number of para-hydroxylation sites is 1. The summed E-state index contributed by atoms with van der Waals surface area (Å²) in [6.45, 7) is 6.99. The quantitative estimate of drug-likeness (QED) is 0.525. The molecule has 2 N–H and O–H groups in total. The SMILES string of the molecule is CCCCOc1cccc(C(=O)NC(=S)Nc2ccccc2C(C)C)c1. The van der Waals surface area contributed by atoms with E-state index in [-0.39, 0.29) is 11.0 Å². The maximum atomic E-state index is 12.5. The molecule has 1 amide bonds. The van der Waals surface area contributed by atoms with Crippen LogP contribution in [0.4, 0.5) is 5.69 Å². The molecule has 5 heteroatoms. The molecule has 0 aliphatic heterocycles. The number of amides is 1. The highest BCUT2D eigenvalue weighted by atomic mass is 32.1. The molecule has 0 aliphatic rings. The number of hydrogen-bond donors (Lipinski definition) is 2. The van der Waals surface area contributed by atoms with Gasteiger partial charge in [-0.3, -0.25) is 10.1 Å². The van der Waals surface area contributed by atoms with E-state index >= 15 is 0 Å². The van der Waals surface area contributed by atoms with Gasteiger partial charge < -0.3 is 10.1 Å². The predicted octanol–water partition coefficient (Wildman–Crippen LogP) is 5.12. The Hall–Kier alpha value is -2.40. The summed E-state index contributed by atoms with van der Waals surface area (Å²) in [7, 11) is 0. The molecule has 0 radical (unpaired) electrons. The number of hydrogen-bond acceptors (Lipinski definition) is 3. The van der Waals surface area contributed by atoms with Gasteiger partial charge in [-0.25, -0.2) is 0 Å². The molecule has 0 saturated heterocycles. The number of thiocarbonyl (C=S) groups is 1. The van der Waals surface area contributed by atoms with E-state index in [0.717, 1.165) is 24.1 Å². The van der Waals surface area contributed by atoms with Gasteiger partial charge in [-0.1, -0.05) is 51.5 Å². The Labute approximate surface area is 161 Å². The van der Waals surface area contributed by atoms with Crippen LogP contribution < -0.4 is 15.4 Å². The highest BCUT2D eigenvalue weighted by Crippen LogP contribution is 2.23. The summed E-state index contributed by atoms with van der Waals surface area (Å²) >= 11 is 5.30. The van der Waals surface area contributed by atoms with Crippen molar-refractivity contribution in [1.82, 2.24) is 5.32 Å². The minimum atomic E-state index is -0.259. The first-order chi connectivity index (χ1) is 12.5. The molecule has 0 unspecified atom stereocenters. The molecule has 2 aromatic carbocycles. The van der Waals surface area contributed by atoms with Gasteiger partial charge in [0.1, 0.15) is 5.75 Å². The summed E-state index contributed by atoms with van der Waals surface area (Å²) in [5, 5.41) is 6.13. The molecule has 0 aromatic heterocycles. The lowest BCUT2D eigenvalue weighted by Crippen LogP contribution is -2.34. The van der Waals surface area contributed by atoms with Crippen LogP contribution in [0.5, 0.6) is 5.75 Å². The summed E-state index contributed by atoms with van der Waals surface area (Å²) in [6.07, 6.45) is 2.05. The van der Waals surface area contributed by atoms with Gasteiger partial charge in [0.2, 0.25) is 0 Å². The van der Waals surface area contributed by atoms with Crippen LogP contribution in [0.3, 0.4) is 0 Å². The molecule has 0 bridgehead atoms. The lowest BCUT2D eigenvalue weighted by atomic mass is 10.0. The van der Waals surface area contributed by atoms with E-state index in [0.29, 0.717) is 23.8 Å². The van der Waals surface area contributed by atoms with E-state index in [1.54, 1.807) is 18.2 Å². The minimum Gasteiger partial charge on any atom is -0.494 e. The molecule has 0 heterocycles. The molecular formula is C21H26N2O2S. The van der Waals surface area contributed by atoms with E-state index in [1.165, 1.54) is 0 Å². The van der Waals surface area contributed by atoms with Crippen molar-refractivity contribution >= 4 is 28.9 Å². The van der Waals surface area contributed by atoms with Crippen molar-refractivity contribution in [2.45, 2.75) is 39.5 Å². The van der Waals surface area contributed by atoms with Crippen molar-refractivity contribution in [3.63, 3.8) is 0 Å². The fraction of sp³-hybridized carbons (Fsp3) is 0.333. The molecule has 138 valence electrons. The minimum absolute atomic E-state index is 0.259. The van der Waals surface area contributed by atoms with Gasteiger partial charge in [0.15, 0.2) is 5.11 Å². The topological polar surface area (TPSA) is 50.4 Å². The fourth-order valence-corrected chi connectivity index (χ4v) is 2.71. The third kappa shape index (κ3) is 5.85. The van der Waals surface area contributed by atoms with Crippen molar-refractivity contribution in [1.29, 1.82) is 0 Å². The number of rotatable bonds is 7. The van der Waals surface area contributed by atoms with Crippen LogP contribution in [-0.2, 0) is 0 Å². The van der Waals surface area contributed by atoms with Crippen molar-refractivity contribution in [3.8, 4) is 5.75 Å². The van der Waals surface area contributed by atoms with Gasteiger partial charge in [0.05, 0.1) is 6.61 Å². The van der Waals surface area contributed by atoms with E-state index < -0.39 is 0 Å². The molecular weight excluding hydrogens is 344 g/mol. The van der Waals surface area contributed by atoms with Gasteiger partial charge in [-0.05, 0) is 54.4 Å². The highest BCUT2D eigenvalue weighted by Gasteiger charge is 2.11. The lowest BCUT2D eigenvalue weighted by molar-refractivity contribution is 0.0977. The molecule has 2 aromatic rings. The zero-order valence-corrected chi connectivity index (χ0v) is 16.4. The monoisotopic (exact) mass is 370 g/mol. The van der Waals surface area contributed by atoms with Gasteiger partial charge >= 0.3 is 0 Å². The van der Waals surface area contributed by atoms with Crippen LogP contribution in [-0.4, -0.2) is 17.6 Å². The van der Waals surface area contributed by atoms with E-state index in [2.05, 4.69) is 37.5 Å². The zero-order chi connectivity index (χ0) is 18.9.